The summed E-state index contributed by atoms with van der Waals surface area (Å²) >= 11 is 0. The van der Waals surface area contributed by atoms with E-state index in [1.165, 1.54) is 108 Å². The number of halogens is 7. The Morgan fingerprint density at radius 3 is 0.918 bits per heavy atom. The first kappa shape index (κ1) is 63.7. The highest BCUT2D eigenvalue weighted by atomic mass is 32.2. The van der Waals surface area contributed by atoms with E-state index in [4.69, 9.17) is 15.0 Å². The molecular weight excluding hydrogens is 1130 g/mol. The number of rotatable bonds is 11. The zero-order valence-electron chi connectivity index (χ0n) is 50.5. The van der Waals surface area contributed by atoms with Gasteiger partial charge in [-0.05, 0) is 191 Å². The van der Waals surface area contributed by atoms with E-state index in [-0.39, 0.29) is 49.2 Å². The Morgan fingerprint density at radius 1 is 0.471 bits per heavy atom. The number of carbonyl (C=O) groups excluding carboxylic acids is 2. The van der Waals surface area contributed by atoms with Crippen molar-refractivity contribution < 1.29 is 57.0 Å². The summed E-state index contributed by atoms with van der Waals surface area (Å²) in [5.74, 6) is -2.15. The fraction of sp³-hybridized carbons (Fsp3) is 0.465. The topological polar surface area (TPSA) is 82.6 Å². The van der Waals surface area contributed by atoms with Crippen LogP contribution in [0.3, 0.4) is 0 Å². The van der Waals surface area contributed by atoms with Crippen LogP contribution in [-0.4, -0.2) is 42.5 Å². The van der Waals surface area contributed by atoms with E-state index in [1.54, 1.807) is 24.3 Å². The highest BCUT2D eigenvalue weighted by molar-refractivity contribution is 7.50. The monoisotopic (exact) mass is 1210 g/mol. The van der Waals surface area contributed by atoms with Gasteiger partial charge in [-0.25, -0.2) is 26.3 Å². The fourth-order valence-electron chi connectivity index (χ4n) is 15.6. The average Bonchev–Trinajstić information content (AvgIpc) is 1.21. The van der Waals surface area contributed by atoms with Gasteiger partial charge in [0.25, 0.3) is 11.8 Å². The molecule has 0 radical (unpaired) electrons. The van der Waals surface area contributed by atoms with Crippen molar-refractivity contribution in [1.29, 1.82) is 0 Å². The Hall–Kier alpha value is -5.83. The van der Waals surface area contributed by atoms with Crippen LogP contribution in [0.1, 0.15) is 132 Å². The molecule has 0 atom stereocenters. The normalized spacial score (nSPS) is 24.0. The van der Waals surface area contributed by atoms with Crippen LogP contribution in [0.25, 0.3) is 50.1 Å². The number of esters is 2. The lowest BCUT2D eigenvalue weighted by Gasteiger charge is -2.55. The van der Waals surface area contributed by atoms with E-state index >= 15 is 0 Å². The molecule has 8 aliphatic carbocycles. The zero-order valence-corrected chi connectivity index (χ0v) is 51.1. The third kappa shape index (κ3) is 15.0. The second-order valence-corrected chi connectivity index (χ2v) is 29.2. The molecule has 8 fully saturated rings. The van der Waals surface area contributed by atoms with Crippen molar-refractivity contribution in [2.24, 2.45) is 52.3 Å². The Kier molecular flexibility index (Phi) is 20.6. The maximum atomic E-state index is 13.2. The van der Waals surface area contributed by atoms with Gasteiger partial charge in [0.2, 0.25) is 0 Å². The van der Waals surface area contributed by atoms with Crippen LogP contribution in [-0.2, 0) is 19.1 Å². The summed E-state index contributed by atoms with van der Waals surface area (Å²) in [6.07, 6.45) is 16.7. The molecule has 0 spiro atoms. The molecule has 5 nitrogen and oxygen atoms in total. The van der Waals surface area contributed by atoms with E-state index in [9.17, 15) is 35.9 Å². The van der Waals surface area contributed by atoms with Gasteiger partial charge < -0.3 is 15.0 Å². The van der Waals surface area contributed by atoms with Crippen LogP contribution < -0.4 is 0 Å². The van der Waals surface area contributed by atoms with E-state index in [0.717, 1.165) is 58.3 Å². The Morgan fingerprint density at radius 2 is 0.706 bits per heavy atom. The zero-order chi connectivity index (χ0) is 60.7. The number of thiophene rings is 2. The van der Waals surface area contributed by atoms with Crippen LogP contribution >= 0.6 is 20.9 Å². The van der Waals surface area contributed by atoms with Gasteiger partial charge >= 0.3 is 11.9 Å². The molecule has 8 bridgehead atoms. The Labute approximate surface area is 503 Å². The first-order chi connectivity index (χ1) is 40.8. The summed E-state index contributed by atoms with van der Waals surface area (Å²) in [6.45, 7) is 6.83. The summed E-state index contributed by atoms with van der Waals surface area (Å²) in [6, 6.07) is 47.8. The third-order valence-corrected chi connectivity index (χ3v) is 23.4. The van der Waals surface area contributed by atoms with Gasteiger partial charge in [0.1, 0.15) is 11.6 Å². The highest BCUT2D eigenvalue weighted by Crippen LogP contribution is 2.62. The molecule has 85 heavy (non-hydrogen) atoms. The van der Waals surface area contributed by atoms with Gasteiger partial charge in [0.15, 0.2) is 41.8 Å². The Bertz CT molecular complexity index is 3100. The number of carbonyl (C=O) groups is 2. The molecule has 14 heteroatoms. The number of hydrogen-bond acceptors (Lipinski definition) is 5. The predicted molar refractivity (Wildman–Crippen MR) is 334 cm³/mol. The molecule has 456 valence electrons. The smallest absolute Gasteiger partial charge is 0.312 e. The van der Waals surface area contributed by atoms with Crippen molar-refractivity contribution in [3.63, 3.8) is 0 Å². The molecule has 1 N–H and O–H groups in total. The van der Waals surface area contributed by atoms with Gasteiger partial charge in [0.05, 0.1) is 10.8 Å². The standard InChI is InChI=1S/2C18H12FS.2C14H20F2O2.C7H16.FH.H2O/c2*19-13-9-11-14(12-10-13)20-17-7-3-1-5-15(17)16-6-2-4-8-18(16)20;2*1-13(15,16)8-18-12(17)14-5-9-2-10(6-14)4-11(3-9)7-14;1-4-7(5-2)6-3;;/h2*1-12H;2*9-11H,2-8H2,1H3;7H,4-6H2,1-3H3;1H;1H2/q2*+1;;;;;/p-1/i/hT. The van der Waals surface area contributed by atoms with E-state index in [1.807, 2.05) is 24.3 Å². The molecule has 2 aromatic heterocycles. The van der Waals surface area contributed by atoms with E-state index < -0.39 is 35.9 Å². The number of ether oxygens (including phenoxy) is 2. The minimum Gasteiger partial charge on any atom is -0.870 e. The van der Waals surface area contributed by atoms with Gasteiger partial charge in [-0.15, -0.1) is 1.43 Å². The van der Waals surface area contributed by atoms with Gasteiger partial charge in [0, 0.05) is 80.6 Å². The van der Waals surface area contributed by atoms with Crippen molar-refractivity contribution in [3.05, 3.63) is 157 Å². The maximum absolute atomic E-state index is 13.2. The Balaban J connectivity index is 0.000000142. The SMILES string of the molecule is CC(F)(F)COC(=O)C12CC3CC(CC(C3)C1)C2.CC(F)(F)COC(=O)C12CC3CC(CC(C3)C1)C2.CCC(CC)CC.F.Fc1ccc(-[s+]2c3ccccc3c3ccccc32)cc1.Fc1ccc(-[s+]2c3ccccc3c3ccccc32)cc1.[3H][O-]. The molecular formula is C71H82F7O5S2+. The molecule has 2 heterocycles. The van der Waals surface area contributed by atoms with Crippen LogP contribution in [0.2, 0.25) is 0 Å². The number of alkyl halides is 4. The maximum Gasteiger partial charge on any atom is 0.312 e. The molecule has 8 aliphatic rings. The van der Waals surface area contributed by atoms with Gasteiger partial charge in [-0.1, -0.05) is 88.6 Å². The van der Waals surface area contributed by atoms with Crippen molar-refractivity contribution >= 4 is 73.2 Å². The quantitative estimate of drug-likeness (QED) is 0.0732. The molecule has 8 aromatic rings. The molecule has 0 aliphatic heterocycles. The number of benzene rings is 6. The van der Waals surface area contributed by atoms with Crippen molar-refractivity contribution in [2.45, 2.75) is 143 Å². The van der Waals surface area contributed by atoms with Crippen LogP contribution in [0, 0.1) is 63.9 Å². The summed E-state index contributed by atoms with van der Waals surface area (Å²) in [5, 5.41) is 5.21. The predicted octanol–water partition coefficient (Wildman–Crippen LogP) is 21.4. The summed E-state index contributed by atoms with van der Waals surface area (Å²) in [4.78, 5) is 26.7. The largest absolute Gasteiger partial charge is 0.870 e. The second kappa shape index (κ2) is 27.5. The second-order valence-electron chi connectivity index (χ2n) is 25.3. The first-order valence-corrected chi connectivity index (χ1v) is 32.7. The van der Waals surface area contributed by atoms with Crippen molar-refractivity contribution in [2.75, 3.05) is 13.2 Å². The van der Waals surface area contributed by atoms with Gasteiger partial charge in [-0.3, -0.25) is 14.3 Å². The van der Waals surface area contributed by atoms with Crippen LogP contribution in [0.5, 0.6) is 0 Å². The van der Waals surface area contributed by atoms with E-state index in [2.05, 4.69) is 119 Å². The van der Waals surface area contributed by atoms with Crippen molar-refractivity contribution in [3.8, 4) is 9.79 Å². The minimum absolute atomic E-state index is 0. The number of fused-ring (bicyclic) bond motifs is 6. The third-order valence-electron chi connectivity index (χ3n) is 18.7. The fourth-order valence-corrected chi connectivity index (χ4v) is 20.4. The van der Waals surface area contributed by atoms with E-state index in [0.29, 0.717) is 35.5 Å². The molecule has 0 saturated heterocycles. The molecule has 0 unspecified atom stereocenters. The average molecular weight is 1210 g/mol. The van der Waals surface area contributed by atoms with Crippen molar-refractivity contribution in [1.82, 2.24) is 0 Å². The highest BCUT2D eigenvalue weighted by Gasteiger charge is 2.57. The lowest BCUT2D eigenvalue weighted by Crippen LogP contribution is -2.51. The summed E-state index contributed by atoms with van der Waals surface area (Å²) < 4.78 is 97.1. The minimum atomic E-state index is -2.92. The summed E-state index contributed by atoms with van der Waals surface area (Å²) in [5.41, 5.74) is 6.67. The molecule has 6 aromatic carbocycles. The lowest BCUT2D eigenvalue weighted by molar-refractivity contribution is -0.180. The summed E-state index contributed by atoms with van der Waals surface area (Å²) in [7, 11) is -0.231. The molecule has 16 rings (SSSR count). The van der Waals surface area contributed by atoms with Crippen LogP contribution in [0.15, 0.2) is 146 Å². The number of hydrogen-bond donors (Lipinski definition) is 0. The molecule has 8 saturated carbocycles. The van der Waals surface area contributed by atoms with Crippen LogP contribution in [0.4, 0.5) is 31.0 Å². The first-order valence-electron chi connectivity index (χ1n) is 30.6. The van der Waals surface area contributed by atoms with Gasteiger partial charge in [-0.2, -0.15) is 0 Å². The molecule has 0 amide bonds. The lowest BCUT2D eigenvalue weighted by atomic mass is 9.49.